The number of nitrogens with zero attached hydrogens (tertiary/aromatic N) is 1. The van der Waals surface area contributed by atoms with Crippen molar-refractivity contribution in [1.29, 1.82) is 0 Å². The minimum atomic E-state index is -4.01. The highest BCUT2D eigenvalue weighted by Gasteiger charge is 2.53. The molecule has 0 aromatic heterocycles. The summed E-state index contributed by atoms with van der Waals surface area (Å²) in [6.45, 7) is 15.0. The highest BCUT2D eigenvalue weighted by molar-refractivity contribution is 7.57. The Kier molecular flexibility index (Phi) is 19.6. The van der Waals surface area contributed by atoms with Crippen LogP contribution in [-0.2, 0) is 52.0 Å². The summed E-state index contributed by atoms with van der Waals surface area (Å²) in [5, 5.41) is 23.8. The molecule has 4 aliphatic rings. The largest absolute Gasteiger partial charge is 0.460 e. The molecule has 1 saturated carbocycles. The molecule has 2 N–H and O–H groups in total. The number of carbonyl (C=O) groups is 4. The lowest BCUT2D eigenvalue weighted by molar-refractivity contribution is -0.265. The van der Waals surface area contributed by atoms with Crippen LogP contribution in [0.25, 0.3) is 0 Å². The summed E-state index contributed by atoms with van der Waals surface area (Å²) in [6, 6.07) is -1.29. The molecule has 1 amide bonds. The van der Waals surface area contributed by atoms with Gasteiger partial charge in [-0.15, -0.1) is 0 Å². The Morgan fingerprint density at radius 3 is 2.35 bits per heavy atom. The summed E-state index contributed by atoms with van der Waals surface area (Å²) < 4.78 is 89.6. The standard InChI is InChI=1S/C54H86NO13P/c1-33-19-15-14-16-20-34(2)46(63-9)31-42-24-22-39(7)54(61,67-42)51(58)52(59)55-26-18-17-21-43(55)53(60)66-47(37(5)29-41-23-25-45(48(30-41)64-10)68-69(12,13)62)32-44(56)36(4)28-38(6)49(57)50(65-11)40(8)35(3)27-33/h14-16,19-20,28,33,35-37,39,41-43,45-50,57,61H,8,17-18,21-27,29-32H2,1-7,9-13H3/b16-14+,19-15+,34-20+,38-28+/t33-,35-,36-,37-,39-,41+,42+,43+,45-,46+,47+,48-,49-,50+,54-/m1/s1/i12D3,22D2/t33-,35-,36-,37-,39-,41+,42+,43+,45-,46+,47+,48-,49-,50+,54-,69?. The van der Waals surface area contributed by atoms with E-state index in [1.165, 1.54) is 28.3 Å². The van der Waals surface area contributed by atoms with Gasteiger partial charge in [0.2, 0.25) is 5.79 Å². The molecule has 390 valence electrons. The number of aliphatic hydroxyl groups excluding tert-OH is 1. The number of hydrogen-bond acceptors (Lipinski definition) is 13. The van der Waals surface area contributed by atoms with Gasteiger partial charge in [0, 0.05) is 72.7 Å². The van der Waals surface area contributed by atoms with E-state index in [9.17, 15) is 34.0 Å². The maximum atomic E-state index is 14.6. The molecule has 3 aliphatic heterocycles. The fraction of sp³-hybridized carbons (Fsp3) is 0.741. The lowest BCUT2D eigenvalue weighted by Gasteiger charge is -2.42. The van der Waals surface area contributed by atoms with Gasteiger partial charge in [0.05, 0.1) is 24.4 Å². The smallest absolute Gasteiger partial charge is 0.329 e. The molecule has 4 rings (SSSR count). The summed E-state index contributed by atoms with van der Waals surface area (Å²) in [4.78, 5) is 58.8. The molecule has 14 nitrogen and oxygen atoms in total. The van der Waals surface area contributed by atoms with Crippen LogP contribution in [0, 0.1) is 35.5 Å². The quantitative estimate of drug-likeness (QED) is 0.102. The van der Waals surface area contributed by atoms with Crippen LogP contribution in [0.5, 0.6) is 0 Å². The average Bonchev–Trinajstić information content (AvgIpc) is 3.33. The molecule has 2 saturated heterocycles. The Balaban J connectivity index is 1.74. The number of piperidine rings is 1. The maximum Gasteiger partial charge on any atom is 0.329 e. The number of cyclic esters (lactones) is 1. The van der Waals surface area contributed by atoms with Crippen LogP contribution in [0.15, 0.2) is 59.8 Å². The number of amides is 1. The van der Waals surface area contributed by atoms with Gasteiger partial charge in [-0.25, -0.2) is 4.79 Å². The van der Waals surface area contributed by atoms with Gasteiger partial charge in [-0.3, -0.25) is 18.9 Å². The SMILES string of the molecule is [2H]C1([2H])C[C@H]2C[C@H](OC)/C(C)=C/C=C/C=C/[C@@H](C)C[C@@H](C)C(=C)[C@H](OC)[C@H](O)/C(C)=C/[C@@H](C)C(=O)C[C@@H]([C@H](C)C[C@@H]3CC[C@@H](OP(C)(=O)C([2H])([2H])[2H])[C@H](OC)C3)OC(=O)[C@@H]3CCCCN3C(=O)C(=O)[C@](O)(O2)[C@@H]1C. The van der Waals surface area contributed by atoms with E-state index >= 15 is 0 Å². The normalized spacial score (nSPS) is 41.7. The molecule has 0 radical (unpaired) electrons. The molecule has 0 spiro atoms. The summed E-state index contributed by atoms with van der Waals surface area (Å²) in [6.07, 6.45) is 6.04. The number of allylic oxidation sites excluding steroid dienone is 6. The average molecular weight is 993 g/mol. The summed E-state index contributed by atoms with van der Waals surface area (Å²) in [7, 11) is 0.450. The van der Waals surface area contributed by atoms with Crippen LogP contribution in [0.2, 0.25) is 0 Å². The van der Waals surface area contributed by atoms with Crippen LogP contribution in [0.1, 0.15) is 132 Å². The molecule has 15 heteroatoms. The molecular formula is C54H86NO13P. The fourth-order valence-corrected chi connectivity index (χ4v) is 11.1. The number of esters is 1. The lowest BCUT2D eigenvalue weighted by atomic mass is 9.78. The predicted octanol–water partition coefficient (Wildman–Crippen LogP) is 8.73. The van der Waals surface area contributed by atoms with Crippen LogP contribution < -0.4 is 0 Å². The van der Waals surface area contributed by atoms with Crippen molar-refractivity contribution < 1.29 is 69.0 Å². The molecule has 0 aromatic carbocycles. The zero-order valence-corrected chi connectivity index (χ0v) is 43.9. The Labute approximate surface area is 420 Å². The van der Waals surface area contributed by atoms with Gasteiger partial charge in [-0.05, 0) is 118 Å². The van der Waals surface area contributed by atoms with E-state index in [0.717, 1.165) is 17.1 Å². The number of aliphatic hydroxyl groups is 2. The number of fused-ring (bicyclic) bond motifs is 3. The Hall–Kier alpha value is -3.07. The molecule has 16 atom stereocenters. The third-order valence-electron chi connectivity index (χ3n) is 14.7. The van der Waals surface area contributed by atoms with Gasteiger partial charge in [-0.2, -0.15) is 0 Å². The second-order valence-electron chi connectivity index (χ2n) is 20.3. The van der Waals surface area contributed by atoms with Crippen molar-refractivity contribution in [3.05, 3.63) is 59.8 Å². The predicted molar refractivity (Wildman–Crippen MR) is 268 cm³/mol. The molecule has 3 heterocycles. The summed E-state index contributed by atoms with van der Waals surface area (Å²) in [5.74, 6) is -9.47. The summed E-state index contributed by atoms with van der Waals surface area (Å²) in [5.41, 5.74) is 1.93. The van der Waals surface area contributed by atoms with Gasteiger partial charge in [-0.1, -0.05) is 77.7 Å². The first kappa shape index (κ1) is 50.9. The van der Waals surface area contributed by atoms with Gasteiger partial charge >= 0.3 is 5.97 Å². The molecule has 69 heavy (non-hydrogen) atoms. The third-order valence-corrected chi connectivity index (χ3v) is 15.3. The Bertz CT molecular complexity index is 2150. The van der Waals surface area contributed by atoms with E-state index in [-0.39, 0.29) is 55.8 Å². The van der Waals surface area contributed by atoms with E-state index in [1.54, 1.807) is 19.9 Å². The second kappa shape index (κ2) is 26.6. The van der Waals surface area contributed by atoms with Crippen LogP contribution >= 0.6 is 7.37 Å². The zero-order chi connectivity index (χ0) is 55.7. The first-order valence-electron chi connectivity index (χ1n) is 27.3. The number of methoxy groups -OCH3 is 3. The van der Waals surface area contributed by atoms with Crippen LogP contribution in [0.3, 0.4) is 0 Å². The lowest BCUT2D eigenvalue weighted by Crippen LogP contribution is -2.61. The first-order chi connectivity index (χ1) is 34.4. The highest BCUT2D eigenvalue weighted by atomic mass is 31.2. The number of ether oxygens (including phenoxy) is 5. The fourth-order valence-electron chi connectivity index (χ4n) is 10.3. The van der Waals surface area contributed by atoms with Crippen LogP contribution in [0.4, 0.5) is 0 Å². The Morgan fingerprint density at radius 1 is 0.957 bits per heavy atom. The number of carbonyl (C=O) groups excluding carboxylic acids is 4. The monoisotopic (exact) mass is 993 g/mol. The number of rotatable bonds is 8. The van der Waals surface area contributed by atoms with Gasteiger partial charge in [0.15, 0.2) is 7.37 Å². The minimum absolute atomic E-state index is 0.0467. The van der Waals surface area contributed by atoms with Crippen molar-refractivity contribution in [3.8, 4) is 0 Å². The molecule has 0 aromatic rings. The molecule has 3 fully saturated rings. The van der Waals surface area contributed by atoms with Gasteiger partial charge in [0.25, 0.3) is 11.7 Å². The van der Waals surface area contributed by atoms with Crippen molar-refractivity contribution in [2.45, 2.75) is 180 Å². The minimum Gasteiger partial charge on any atom is -0.460 e. The van der Waals surface area contributed by atoms with Crippen LogP contribution in [-0.4, -0.2) is 134 Å². The molecule has 1 unspecified atom stereocenters. The molecule has 2 bridgehead atoms. The van der Waals surface area contributed by atoms with E-state index in [1.807, 2.05) is 51.2 Å². The first-order valence-corrected chi connectivity index (χ1v) is 26.9. The summed E-state index contributed by atoms with van der Waals surface area (Å²) >= 11 is 0. The van der Waals surface area contributed by atoms with Crippen molar-refractivity contribution in [1.82, 2.24) is 4.90 Å². The van der Waals surface area contributed by atoms with E-state index in [2.05, 4.69) is 13.5 Å². The Morgan fingerprint density at radius 2 is 1.68 bits per heavy atom. The van der Waals surface area contributed by atoms with Crippen molar-refractivity contribution in [3.63, 3.8) is 0 Å². The van der Waals surface area contributed by atoms with Gasteiger partial charge in [0.1, 0.15) is 30.1 Å². The second-order valence-corrected chi connectivity index (χ2v) is 22.2. The van der Waals surface area contributed by atoms with Gasteiger partial charge < -0.3 is 43.3 Å². The van der Waals surface area contributed by atoms with Crippen molar-refractivity contribution in [2.75, 3.05) is 41.1 Å². The highest BCUT2D eigenvalue weighted by Crippen LogP contribution is 2.45. The van der Waals surface area contributed by atoms with Crippen molar-refractivity contribution in [2.24, 2.45) is 35.5 Å². The third kappa shape index (κ3) is 16.2. The number of Topliss-reactive ketones (excluding diaryl/α,β-unsaturated/α-hetero) is 2. The zero-order valence-electron chi connectivity index (χ0n) is 48.0. The molecular weight excluding hydrogens is 902 g/mol. The maximum absolute atomic E-state index is 14.6. The number of hydrogen-bond donors (Lipinski definition) is 2. The topological polar surface area (TPSA) is 184 Å². The van der Waals surface area contributed by atoms with E-state index in [4.69, 9.17) is 35.1 Å². The van der Waals surface area contributed by atoms with E-state index in [0.29, 0.717) is 56.1 Å². The molecule has 1 aliphatic carbocycles. The van der Waals surface area contributed by atoms with E-state index < -0.39 is 110 Å². The van der Waals surface area contributed by atoms with Crippen molar-refractivity contribution >= 4 is 30.8 Å². The number of ketones is 2.